The third-order valence-corrected chi connectivity index (χ3v) is 4.81. The van der Waals surface area contributed by atoms with Gasteiger partial charge in [-0.3, -0.25) is 9.59 Å². The molecule has 1 fully saturated rings. The van der Waals surface area contributed by atoms with Gasteiger partial charge in [-0.15, -0.1) is 0 Å². The van der Waals surface area contributed by atoms with Crippen molar-refractivity contribution in [2.75, 3.05) is 13.2 Å². The number of nitrogens with two attached hydrogens (primary N) is 1. The number of sulfonamides is 1. The Kier molecular flexibility index (Phi) is 3.78. The predicted molar refractivity (Wildman–Crippen MR) is 70.1 cm³/mol. The molecule has 0 bridgehead atoms. The molecule has 116 valence electrons. The second-order valence-electron chi connectivity index (χ2n) is 4.83. The van der Waals surface area contributed by atoms with Crippen LogP contribution in [0.5, 0.6) is 0 Å². The lowest BCUT2D eigenvalue weighted by Gasteiger charge is -2.22. The number of carbonyl (C=O) groups is 2. The molecule has 1 saturated heterocycles. The number of hydrogen-bond acceptors (Lipinski definition) is 5. The van der Waals surface area contributed by atoms with Crippen molar-refractivity contribution in [2.24, 2.45) is 12.8 Å². The summed E-state index contributed by atoms with van der Waals surface area (Å²) in [6.07, 6.45) is 1.21. The number of aryl methyl sites for hydroxylation is 1. The minimum Gasteiger partial charge on any atom is -0.480 e. The van der Waals surface area contributed by atoms with Gasteiger partial charge in [0.05, 0.1) is 6.61 Å². The van der Waals surface area contributed by atoms with Crippen LogP contribution >= 0.6 is 0 Å². The Morgan fingerprint density at radius 2 is 2.19 bits per heavy atom. The van der Waals surface area contributed by atoms with E-state index >= 15 is 0 Å². The van der Waals surface area contributed by atoms with Crippen molar-refractivity contribution in [2.45, 2.75) is 16.9 Å². The average molecular weight is 317 g/mol. The van der Waals surface area contributed by atoms with E-state index in [9.17, 15) is 23.1 Å². The Morgan fingerprint density at radius 1 is 1.52 bits per heavy atom. The quantitative estimate of drug-likeness (QED) is 0.613. The molecule has 2 heterocycles. The van der Waals surface area contributed by atoms with Gasteiger partial charge in [0.1, 0.15) is 10.6 Å². The van der Waals surface area contributed by atoms with Gasteiger partial charge in [0.2, 0.25) is 10.0 Å². The van der Waals surface area contributed by atoms with E-state index in [4.69, 9.17) is 10.5 Å². The number of rotatable bonds is 5. The molecule has 10 heteroatoms. The second kappa shape index (κ2) is 5.13. The van der Waals surface area contributed by atoms with Crippen molar-refractivity contribution >= 4 is 21.9 Å². The van der Waals surface area contributed by atoms with Crippen molar-refractivity contribution in [3.63, 3.8) is 0 Å². The van der Waals surface area contributed by atoms with Crippen molar-refractivity contribution in [1.82, 2.24) is 9.29 Å². The summed E-state index contributed by atoms with van der Waals surface area (Å²) in [4.78, 5) is 22.2. The zero-order valence-corrected chi connectivity index (χ0v) is 12.0. The maximum atomic E-state index is 12.3. The molecule has 21 heavy (non-hydrogen) atoms. The molecule has 1 amide bonds. The minimum atomic E-state index is -4.12. The summed E-state index contributed by atoms with van der Waals surface area (Å²) in [5.41, 5.74) is 3.43. The fourth-order valence-electron chi connectivity index (χ4n) is 2.10. The molecule has 0 aromatic carbocycles. The van der Waals surface area contributed by atoms with Gasteiger partial charge in [0, 0.05) is 26.3 Å². The van der Waals surface area contributed by atoms with Crippen molar-refractivity contribution in [3.8, 4) is 0 Å². The lowest BCUT2D eigenvalue weighted by atomic mass is 10.0. The van der Waals surface area contributed by atoms with Crippen LogP contribution in [0.4, 0.5) is 0 Å². The predicted octanol–water partition coefficient (Wildman–Crippen LogP) is -1.35. The first-order chi connectivity index (χ1) is 9.68. The van der Waals surface area contributed by atoms with Crippen LogP contribution in [-0.4, -0.2) is 48.7 Å². The third kappa shape index (κ3) is 2.77. The second-order valence-corrected chi connectivity index (χ2v) is 6.51. The van der Waals surface area contributed by atoms with E-state index < -0.39 is 27.4 Å². The topological polar surface area (TPSA) is 141 Å². The molecule has 1 atom stereocenters. The highest BCUT2D eigenvalue weighted by atomic mass is 32.2. The van der Waals surface area contributed by atoms with Gasteiger partial charge in [0.25, 0.3) is 5.91 Å². The van der Waals surface area contributed by atoms with Crippen LogP contribution in [0.15, 0.2) is 17.2 Å². The molecule has 1 aliphatic rings. The van der Waals surface area contributed by atoms with E-state index in [0.717, 1.165) is 6.07 Å². The zero-order chi connectivity index (χ0) is 15.8. The van der Waals surface area contributed by atoms with Crippen LogP contribution in [0.25, 0.3) is 0 Å². The van der Waals surface area contributed by atoms with E-state index in [0.29, 0.717) is 0 Å². The molecule has 0 saturated carbocycles. The Balaban J connectivity index is 2.36. The van der Waals surface area contributed by atoms with Crippen LogP contribution in [0, 0.1) is 0 Å². The molecule has 1 unspecified atom stereocenters. The monoisotopic (exact) mass is 317 g/mol. The normalized spacial score (nSPS) is 22.3. The number of carboxylic acid groups (broad SMARTS) is 1. The third-order valence-electron chi connectivity index (χ3n) is 3.30. The summed E-state index contributed by atoms with van der Waals surface area (Å²) < 4.78 is 33.0. The van der Waals surface area contributed by atoms with Gasteiger partial charge >= 0.3 is 5.97 Å². The summed E-state index contributed by atoms with van der Waals surface area (Å²) in [7, 11) is -2.66. The summed E-state index contributed by atoms with van der Waals surface area (Å²) in [5.74, 6) is -2.09. The lowest BCUT2D eigenvalue weighted by Crippen LogP contribution is -2.54. The molecule has 1 aromatic heterocycles. The fourth-order valence-corrected chi connectivity index (χ4v) is 3.54. The van der Waals surface area contributed by atoms with Crippen LogP contribution < -0.4 is 10.5 Å². The van der Waals surface area contributed by atoms with E-state index in [2.05, 4.69) is 4.72 Å². The van der Waals surface area contributed by atoms with Gasteiger partial charge in [-0.2, -0.15) is 4.72 Å². The summed E-state index contributed by atoms with van der Waals surface area (Å²) in [6.45, 7) is -0.104. The van der Waals surface area contributed by atoms with Gasteiger partial charge in [-0.05, 0) is 6.07 Å². The SMILES string of the molecule is Cn1cc(S(=O)(=O)NC2(C(=O)O)CCOC2)cc1C(N)=O. The van der Waals surface area contributed by atoms with Crippen molar-refractivity contribution in [3.05, 3.63) is 18.0 Å². The van der Waals surface area contributed by atoms with Crippen molar-refractivity contribution < 1.29 is 27.9 Å². The highest BCUT2D eigenvalue weighted by molar-refractivity contribution is 7.89. The molecular formula is C11H15N3O6S. The molecule has 4 N–H and O–H groups in total. The van der Waals surface area contributed by atoms with E-state index in [-0.39, 0.29) is 30.2 Å². The van der Waals surface area contributed by atoms with Gasteiger partial charge in [0.15, 0.2) is 5.54 Å². The number of aliphatic carboxylic acids is 1. The molecule has 0 aliphatic carbocycles. The maximum absolute atomic E-state index is 12.3. The van der Waals surface area contributed by atoms with E-state index in [1.165, 1.54) is 17.8 Å². The molecular weight excluding hydrogens is 302 g/mol. The average Bonchev–Trinajstić information content (AvgIpc) is 2.96. The summed E-state index contributed by atoms with van der Waals surface area (Å²) in [6, 6.07) is 1.09. The first kappa shape index (κ1) is 15.5. The smallest absolute Gasteiger partial charge is 0.327 e. The highest BCUT2D eigenvalue weighted by Crippen LogP contribution is 2.23. The van der Waals surface area contributed by atoms with Crippen LogP contribution in [0.1, 0.15) is 16.9 Å². The molecule has 9 nitrogen and oxygen atoms in total. The summed E-state index contributed by atoms with van der Waals surface area (Å²) >= 11 is 0. The first-order valence-electron chi connectivity index (χ1n) is 5.99. The highest BCUT2D eigenvalue weighted by Gasteiger charge is 2.46. The minimum absolute atomic E-state index is 0.00224. The van der Waals surface area contributed by atoms with Crippen molar-refractivity contribution in [1.29, 1.82) is 0 Å². The number of aromatic nitrogens is 1. The summed E-state index contributed by atoms with van der Waals surface area (Å²) in [5, 5.41) is 9.24. The largest absolute Gasteiger partial charge is 0.480 e. The van der Waals surface area contributed by atoms with Crippen LogP contribution in [-0.2, 0) is 26.6 Å². The number of carbonyl (C=O) groups excluding carboxylic acids is 1. The lowest BCUT2D eigenvalue weighted by molar-refractivity contribution is -0.144. The number of amides is 1. The van der Waals surface area contributed by atoms with Gasteiger partial charge < -0.3 is 20.1 Å². The standard InChI is InChI=1S/C11H15N3O6S/c1-14-5-7(4-8(14)9(12)15)21(18,19)13-11(10(16)17)2-3-20-6-11/h4-5,13H,2-3,6H2,1H3,(H2,12,15)(H,16,17). The van der Waals surface area contributed by atoms with Crippen LogP contribution in [0.2, 0.25) is 0 Å². The van der Waals surface area contributed by atoms with Gasteiger partial charge in [-0.1, -0.05) is 0 Å². The Morgan fingerprint density at radius 3 is 2.62 bits per heavy atom. The molecule has 2 rings (SSSR count). The molecule has 0 spiro atoms. The number of hydrogen-bond donors (Lipinski definition) is 3. The molecule has 1 aliphatic heterocycles. The van der Waals surface area contributed by atoms with E-state index in [1.807, 2.05) is 0 Å². The van der Waals surface area contributed by atoms with Crippen LogP contribution in [0.3, 0.4) is 0 Å². The first-order valence-corrected chi connectivity index (χ1v) is 7.47. The number of carboxylic acids is 1. The Bertz CT molecular complexity index is 687. The molecule has 0 radical (unpaired) electrons. The van der Waals surface area contributed by atoms with Gasteiger partial charge in [-0.25, -0.2) is 8.42 Å². The number of primary amides is 1. The maximum Gasteiger partial charge on any atom is 0.327 e. The number of nitrogens with one attached hydrogen (secondary N) is 1. The number of ether oxygens (including phenoxy) is 1. The number of nitrogens with zero attached hydrogens (tertiary/aromatic N) is 1. The Labute approximate surface area is 120 Å². The fraction of sp³-hybridized carbons (Fsp3) is 0.455. The Hall–Kier alpha value is -1.91. The molecule has 1 aromatic rings. The zero-order valence-electron chi connectivity index (χ0n) is 11.2. The van der Waals surface area contributed by atoms with E-state index in [1.54, 1.807) is 0 Å².